The summed E-state index contributed by atoms with van der Waals surface area (Å²) in [5.41, 5.74) is 3.43. The van der Waals surface area contributed by atoms with Crippen molar-refractivity contribution in [3.05, 3.63) is 58.1 Å². The zero-order chi connectivity index (χ0) is 18.2. The van der Waals surface area contributed by atoms with E-state index in [0.29, 0.717) is 23.6 Å². The lowest BCUT2D eigenvalue weighted by molar-refractivity contribution is -0.131. The van der Waals surface area contributed by atoms with Crippen LogP contribution in [0.3, 0.4) is 0 Å². The normalized spacial score (nSPS) is 14.7. The van der Waals surface area contributed by atoms with E-state index in [1.165, 1.54) is 0 Å². The second-order valence-corrected chi connectivity index (χ2v) is 7.20. The van der Waals surface area contributed by atoms with Crippen LogP contribution in [-0.4, -0.2) is 11.8 Å². The van der Waals surface area contributed by atoms with E-state index in [1.807, 2.05) is 39.0 Å². The first-order chi connectivity index (χ1) is 11.8. The molecule has 0 aromatic heterocycles. The first-order valence-corrected chi connectivity index (χ1v) is 8.66. The van der Waals surface area contributed by atoms with Crippen molar-refractivity contribution in [3.63, 3.8) is 0 Å². The van der Waals surface area contributed by atoms with Gasteiger partial charge in [0.1, 0.15) is 5.41 Å². The fraction of sp³-hybridized carbons (Fsp3) is 0.300. The molecule has 0 atom stereocenters. The van der Waals surface area contributed by atoms with Crippen LogP contribution >= 0.6 is 11.6 Å². The smallest absolute Gasteiger partial charge is 0.240 e. The van der Waals surface area contributed by atoms with Gasteiger partial charge in [-0.05, 0) is 69.0 Å². The highest BCUT2D eigenvalue weighted by molar-refractivity contribution is 6.30. The van der Waals surface area contributed by atoms with Gasteiger partial charge in [0.2, 0.25) is 11.8 Å². The van der Waals surface area contributed by atoms with Gasteiger partial charge in [0.15, 0.2) is 0 Å². The summed E-state index contributed by atoms with van der Waals surface area (Å²) in [5.74, 6) is -0.510. The number of carbonyl (C=O) groups is 2. The number of benzene rings is 2. The van der Waals surface area contributed by atoms with Gasteiger partial charge < -0.3 is 10.6 Å². The summed E-state index contributed by atoms with van der Waals surface area (Å²) in [6, 6.07) is 11.1. The third-order valence-electron chi connectivity index (χ3n) is 4.69. The van der Waals surface area contributed by atoms with Crippen LogP contribution < -0.4 is 10.6 Å². The summed E-state index contributed by atoms with van der Waals surface area (Å²) in [7, 11) is 0. The fourth-order valence-corrected chi connectivity index (χ4v) is 3.11. The number of nitrogens with one attached hydrogen (secondary N) is 2. The highest BCUT2D eigenvalue weighted by Crippen LogP contribution is 2.47. The number of hydrogen-bond acceptors (Lipinski definition) is 2. The number of hydrogen-bond donors (Lipinski definition) is 2. The van der Waals surface area contributed by atoms with Crippen LogP contribution in [-0.2, 0) is 9.59 Å². The summed E-state index contributed by atoms with van der Waals surface area (Å²) in [4.78, 5) is 25.4. The molecule has 3 rings (SSSR count). The average molecular weight is 357 g/mol. The van der Waals surface area contributed by atoms with Crippen LogP contribution in [0.2, 0.25) is 5.02 Å². The van der Waals surface area contributed by atoms with Crippen molar-refractivity contribution >= 4 is 34.8 Å². The molecule has 2 aromatic carbocycles. The Morgan fingerprint density at radius 3 is 1.88 bits per heavy atom. The maximum absolute atomic E-state index is 12.7. The Morgan fingerprint density at radius 1 is 0.880 bits per heavy atom. The van der Waals surface area contributed by atoms with Crippen LogP contribution in [0, 0.1) is 26.2 Å². The monoisotopic (exact) mass is 356 g/mol. The van der Waals surface area contributed by atoms with Crippen LogP contribution in [0.25, 0.3) is 0 Å². The van der Waals surface area contributed by atoms with E-state index in [0.717, 1.165) is 22.4 Å². The van der Waals surface area contributed by atoms with Crippen LogP contribution in [0.4, 0.5) is 11.4 Å². The lowest BCUT2D eigenvalue weighted by atomic mass is 10.0. The van der Waals surface area contributed by atoms with E-state index in [4.69, 9.17) is 11.6 Å². The van der Waals surface area contributed by atoms with Crippen molar-refractivity contribution in [2.45, 2.75) is 33.6 Å². The number of amides is 2. The van der Waals surface area contributed by atoms with Gasteiger partial charge in [-0.1, -0.05) is 29.3 Å². The van der Waals surface area contributed by atoms with E-state index < -0.39 is 5.41 Å². The van der Waals surface area contributed by atoms with Crippen molar-refractivity contribution in [2.75, 3.05) is 10.6 Å². The van der Waals surface area contributed by atoms with Gasteiger partial charge in [-0.25, -0.2) is 0 Å². The predicted octanol–water partition coefficient (Wildman–Crippen LogP) is 4.62. The Balaban J connectivity index is 1.74. The van der Waals surface area contributed by atoms with Gasteiger partial charge in [-0.3, -0.25) is 9.59 Å². The molecule has 5 heteroatoms. The Morgan fingerprint density at radius 2 is 1.40 bits per heavy atom. The van der Waals surface area contributed by atoms with Gasteiger partial charge in [0.25, 0.3) is 0 Å². The van der Waals surface area contributed by atoms with Gasteiger partial charge in [0, 0.05) is 16.4 Å². The molecule has 0 heterocycles. The summed E-state index contributed by atoms with van der Waals surface area (Å²) < 4.78 is 0. The Hall–Kier alpha value is -2.33. The Kier molecular flexibility index (Phi) is 4.56. The number of anilines is 2. The standard InChI is InChI=1S/C20H21ClN2O2/c1-12-4-6-16(13(2)10-12)22-18(24)20(8-9-20)19(25)23-17-7-5-15(21)11-14(17)3/h4-7,10-11H,8-9H2,1-3H3,(H,22,24)(H,23,25). The lowest BCUT2D eigenvalue weighted by Crippen LogP contribution is -2.36. The molecule has 2 aromatic rings. The predicted molar refractivity (Wildman–Crippen MR) is 101 cm³/mol. The SMILES string of the molecule is Cc1ccc(NC(=O)C2(C(=O)Nc3ccc(Cl)cc3C)CC2)c(C)c1. The molecule has 0 aliphatic heterocycles. The van der Waals surface area contributed by atoms with Gasteiger partial charge in [-0.15, -0.1) is 0 Å². The molecular formula is C20H21ClN2O2. The number of aryl methyl sites for hydroxylation is 3. The maximum Gasteiger partial charge on any atom is 0.240 e. The van der Waals surface area contributed by atoms with E-state index >= 15 is 0 Å². The van der Waals surface area contributed by atoms with Gasteiger partial charge >= 0.3 is 0 Å². The summed E-state index contributed by atoms with van der Waals surface area (Å²) >= 11 is 5.95. The second-order valence-electron chi connectivity index (χ2n) is 6.77. The van der Waals surface area contributed by atoms with Crippen LogP contribution in [0.5, 0.6) is 0 Å². The minimum absolute atomic E-state index is 0.247. The zero-order valence-electron chi connectivity index (χ0n) is 14.6. The van der Waals surface area contributed by atoms with E-state index in [1.54, 1.807) is 18.2 Å². The Labute approximate surface area is 152 Å². The number of rotatable bonds is 4. The highest BCUT2D eigenvalue weighted by atomic mass is 35.5. The molecule has 2 N–H and O–H groups in total. The maximum atomic E-state index is 12.7. The molecule has 1 fully saturated rings. The molecule has 25 heavy (non-hydrogen) atoms. The summed E-state index contributed by atoms with van der Waals surface area (Å²) in [6.07, 6.45) is 1.12. The minimum atomic E-state index is -0.983. The molecule has 4 nitrogen and oxygen atoms in total. The molecule has 1 saturated carbocycles. The zero-order valence-corrected chi connectivity index (χ0v) is 15.3. The number of halogens is 1. The lowest BCUT2D eigenvalue weighted by Gasteiger charge is -2.17. The van der Waals surface area contributed by atoms with E-state index in [2.05, 4.69) is 10.6 Å². The van der Waals surface area contributed by atoms with Crippen LogP contribution in [0.15, 0.2) is 36.4 Å². The summed E-state index contributed by atoms with van der Waals surface area (Å²) in [6.45, 7) is 5.82. The van der Waals surface area contributed by atoms with Crippen LogP contribution in [0.1, 0.15) is 29.5 Å². The number of carbonyl (C=O) groups excluding carboxylic acids is 2. The van der Waals surface area contributed by atoms with Crippen molar-refractivity contribution in [2.24, 2.45) is 5.41 Å². The van der Waals surface area contributed by atoms with Crippen molar-refractivity contribution in [1.82, 2.24) is 0 Å². The molecular weight excluding hydrogens is 336 g/mol. The molecule has 1 aliphatic carbocycles. The average Bonchev–Trinajstić information content (AvgIpc) is 3.34. The molecule has 0 spiro atoms. The minimum Gasteiger partial charge on any atom is -0.325 e. The van der Waals surface area contributed by atoms with Crippen molar-refractivity contribution in [1.29, 1.82) is 0 Å². The molecule has 0 bridgehead atoms. The third kappa shape index (κ3) is 3.54. The first kappa shape index (κ1) is 17.5. The fourth-order valence-electron chi connectivity index (χ4n) is 2.89. The molecule has 0 unspecified atom stereocenters. The molecule has 1 aliphatic rings. The Bertz CT molecular complexity index is 789. The van der Waals surface area contributed by atoms with Gasteiger partial charge in [0.05, 0.1) is 0 Å². The highest BCUT2D eigenvalue weighted by Gasteiger charge is 2.56. The molecule has 0 saturated heterocycles. The van der Waals surface area contributed by atoms with E-state index in [-0.39, 0.29) is 11.8 Å². The van der Waals surface area contributed by atoms with E-state index in [9.17, 15) is 9.59 Å². The largest absolute Gasteiger partial charge is 0.325 e. The van der Waals surface area contributed by atoms with Gasteiger partial charge in [-0.2, -0.15) is 0 Å². The first-order valence-electron chi connectivity index (χ1n) is 8.28. The molecule has 0 radical (unpaired) electrons. The second kappa shape index (κ2) is 6.52. The summed E-state index contributed by atoms with van der Waals surface area (Å²) in [5, 5.41) is 6.40. The third-order valence-corrected chi connectivity index (χ3v) is 4.92. The molecule has 2 amide bonds. The van der Waals surface area contributed by atoms with Crippen molar-refractivity contribution < 1.29 is 9.59 Å². The quantitative estimate of drug-likeness (QED) is 0.785. The topological polar surface area (TPSA) is 58.2 Å². The van der Waals surface area contributed by atoms with Crippen molar-refractivity contribution in [3.8, 4) is 0 Å². The molecule has 130 valence electrons.